The Morgan fingerprint density at radius 3 is 2.00 bits per heavy atom. The van der Waals surface area contributed by atoms with Crippen LogP contribution in [0.1, 0.15) is 0 Å². The van der Waals surface area contributed by atoms with Crippen LogP contribution in [0.4, 0.5) is 0 Å². The van der Waals surface area contributed by atoms with E-state index < -0.39 is 0 Å². The number of furan rings is 1. The Bertz CT molecular complexity index is 2480. The summed E-state index contributed by atoms with van der Waals surface area (Å²) in [7, 11) is 0. The van der Waals surface area contributed by atoms with Crippen molar-refractivity contribution in [1.82, 2.24) is 24.5 Å². The van der Waals surface area contributed by atoms with Gasteiger partial charge in [0.05, 0.1) is 11.0 Å². The van der Waals surface area contributed by atoms with Crippen molar-refractivity contribution in [2.24, 2.45) is 0 Å². The van der Waals surface area contributed by atoms with E-state index >= 15 is 0 Å². The summed E-state index contributed by atoms with van der Waals surface area (Å²) >= 11 is 0. The molecule has 0 aliphatic rings. The van der Waals surface area contributed by atoms with Crippen LogP contribution in [-0.2, 0) is 0 Å². The van der Waals surface area contributed by atoms with E-state index in [4.69, 9.17) is 19.4 Å². The van der Waals surface area contributed by atoms with Gasteiger partial charge in [0.1, 0.15) is 5.58 Å². The van der Waals surface area contributed by atoms with Gasteiger partial charge in [-0.2, -0.15) is 0 Å². The maximum atomic E-state index is 6.23. The monoisotopic (exact) mass is 591 g/mol. The van der Waals surface area contributed by atoms with Crippen molar-refractivity contribution in [3.05, 3.63) is 152 Å². The number of hydrogen-bond donors (Lipinski definition) is 0. The molecule has 6 nitrogen and oxygen atoms in total. The molecule has 9 rings (SSSR count). The number of rotatable bonds is 5. The fourth-order valence-corrected chi connectivity index (χ4v) is 6.15. The smallest absolute Gasteiger partial charge is 0.199 e. The molecule has 9 aromatic rings. The number of para-hydroxylation sites is 3. The predicted octanol–water partition coefficient (Wildman–Crippen LogP) is 9.78. The first kappa shape index (κ1) is 26.0. The maximum Gasteiger partial charge on any atom is 0.199 e. The van der Waals surface area contributed by atoms with Crippen LogP contribution in [0.3, 0.4) is 0 Å². The van der Waals surface area contributed by atoms with E-state index in [1.165, 1.54) is 5.39 Å². The summed E-state index contributed by atoms with van der Waals surface area (Å²) in [5.41, 5.74) is 8.08. The third kappa shape index (κ3) is 4.43. The standard InChI is InChI=1S/C40H25N5O/c1-2-11-31(12-3-1)45-34-14-6-5-13-32(34)33-23-29(20-21-35(33)45)39-42-38(27-18-16-26(17-19-27)30-10-8-22-41-25-30)43-40(44-39)37-24-28-9-4-7-15-36(28)46-37/h1-25H. The van der Waals surface area contributed by atoms with Gasteiger partial charge in [-0.25, -0.2) is 15.0 Å². The number of hydrogen-bond acceptors (Lipinski definition) is 5. The number of nitrogens with zero attached hydrogens (tertiary/aromatic N) is 5. The highest BCUT2D eigenvalue weighted by Gasteiger charge is 2.18. The lowest BCUT2D eigenvalue weighted by molar-refractivity contribution is 0.625. The van der Waals surface area contributed by atoms with E-state index in [1.54, 1.807) is 6.20 Å². The molecule has 0 amide bonds. The molecule has 6 heteroatoms. The highest BCUT2D eigenvalue weighted by molar-refractivity contribution is 6.10. The minimum Gasteiger partial charge on any atom is -0.453 e. The Morgan fingerprint density at radius 2 is 1.17 bits per heavy atom. The highest BCUT2D eigenvalue weighted by Crippen LogP contribution is 2.35. The lowest BCUT2D eigenvalue weighted by atomic mass is 10.1. The molecule has 0 atom stereocenters. The second-order valence-electron chi connectivity index (χ2n) is 11.2. The summed E-state index contributed by atoms with van der Waals surface area (Å²) in [5.74, 6) is 2.24. The zero-order valence-electron chi connectivity index (χ0n) is 24.6. The predicted molar refractivity (Wildman–Crippen MR) is 183 cm³/mol. The molecule has 0 radical (unpaired) electrons. The van der Waals surface area contributed by atoms with Crippen molar-refractivity contribution < 1.29 is 4.42 Å². The summed E-state index contributed by atoms with van der Waals surface area (Å²) in [4.78, 5) is 19.2. The first-order chi connectivity index (χ1) is 22.8. The van der Waals surface area contributed by atoms with E-state index in [-0.39, 0.29) is 0 Å². The molecule has 4 heterocycles. The van der Waals surface area contributed by atoms with Gasteiger partial charge in [-0.1, -0.05) is 84.9 Å². The fraction of sp³-hybridized carbons (Fsp3) is 0. The Hall–Kier alpha value is -6.40. The largest absolute Gasteiger partial charge is 0.453 e. The number of benzene rings is 5. The molecule has 0 bridgehead atoms. The SMILES string of the molecule is c1ccc(-n2c3ccccc3c3cc(-c4nc(-c5ccc(-c6cccnc6)cc5)nc(-c5cc6ccccc6o5)n4)ccc32)cc1. The van der Waals surface area contributed by atoms with E-state index in [9.17, 15) is 0 Å². The normalized spacial score (nSPS) is 11.5. The second-order valence-corrected chi connectivity index (χ2v) is 11.2. The Kier molecular flexibility index (Phi) is 6.03. The van der Waals surface area contributed by atoms with Gasteiger partial charge in [-0.3, -0.25) is 4.98 Å². The number of fused-ring (bicyclic) bond motifs is 4. The average molecular weight is 592 g/mol. The van der Waals surface area contributed by atoms with Crippen molar-refractivity contribution in [1.29, 1.82) is 0 Å². The summed E-state index contributed by atoms with van der Waals surface area (Å²) in [6, 6.07) is 47.5. The molecule has 5 aromatic carbocycles. The van der Waals surface area contributed by atoms with Crippen molar-refractivity contribution in [3.63, 3.8) is 0 Å². The molecular weight excluding hydrogens is 566 g/mol. The first-order valence-electron chi connectivity index (χ1n) is 15.1. The summed E-state index contributed by atoms with van der Waals surface area (Å²) in [6.45, 7) is 0. The summed E-state index contributed by atoms with van der Waals surface area (Å²) in [6.07, 6.45) is 3.64. The average Bonchev–Trinajstić information content (AvgIpc) is 3.72. The van der Waals surface area contributed by atoms with Crippen LogP contribution in [-0.4, -0.2) is 24.5 Å². The molecule has 0 aliphatic heterocycles. The Balaban J connectivity index is 1.22. The summed E-state index contributed by atoms with van der Waals surface area (Å²) in [5, 5.41) is 3.29. The van der Waals surface area contributed by atoms with Gasteiger partial charge >= 0.3 is 0 Å². The van der Waals surface area contributed by atoms with Gasteiger partial charge in [0.15, 0.2) is 23.2 Å². The van der Waals surface area contributed by atoms with Crippen LogP contribution in [0.2, 0.25) is 0 Å². The Morgan fingerprint density at radius 1 is 0.478 bits per heavy atom. The lowest BCUT2D eigenvalue weighted by Gasteiger charge is -2.09. The minimum absolute atomic E-state index is 0.486. The first-order valence-corrected chi connectivity index (χ1v) is 15.1. The quantitative estimate of drug-likeness (QED) is 0.199. The number of aromatic nitrogens is 5. The highest BCUT2D eigenvalue weighted by atomic mass is 16.3. The van der Waals surface area contributed by atoms with Crippen molar-refractivity contribution in [2.75, 3.05) is 0 Å². The molecule has 0 saturated heterocycles. The Labute approximate surface area is 264 Å². The van der Waals surface area contributed by atoms with Crippen molar-refractivity contribution in [2.45, 2.75) is 0 Å². The van der Waals surface area contributed by atoms with E-state index in [0.717, 1.165) is 55.3 Å². The van der Waals surface area contributed by atoms with Crippen LogP contribution in [0.5, 0.6) is 0 Å². The van der Waals surface area contributed by atoms with Crippen LogP contribution < -0.4 is 0 Å². The van der Waals surface area contributed by atoms with Gasteiger partial charge in [0.2, 0.25) is 0 Å². The topological polar surface area (TPSA) is 69.6 Å². The van der Waals surface area contributed by atoms with E-state index in [1.807, 2.05) is 66.9 Å². The zero-order valence-corrected chi connectivity index (χ0v) is 24.6. The summed E-state index contributed by atoms with van der Waals surface area (Å²) < 4.78 is 8.53. The minimum atomic E-state index is 0.486. The van der Waals surface area contributed by atoms with Gasteiger partial charge in [-0.05, 0) is 65.7 Å². The van der Waals surface area contributed by atoms with Gasteiger partial charge in [0, 0.05) is 45.4 Å². The third-order valence-electron chi connectivity index (χ3n) is 8.36. The maximum absolute atomic E-state index is 6.23. The van der Waals surface area contributed by atoms with Gasteiger partial charge in [0.25, 0.3) is 0 Å². The molecule has 46 heavy (non-hydrogen) atoms. The molecule has 0 fully saturated rings. The molecule has 0 unspecified atom stereocenters. The molecule has 0 aliphatic carbocycles. The second kappa shape index (κ2) is 10.6. The lowest BCUT2D eigenvalue weighted by Crippen LogP contribution is -2.00. The van der Waals surface area contributed by atoms with Crippen LogP contribution in [0, 0.1) is 0 Å². The van der Waals surface area contributed by atoms with Gasteiger partial charge < -0.3 is 8.98 Å². The molecule has 216 valence electrons. The van der Waals surface area contributed by atoms with Gasteiger partial charge in [-0.15, -0.1) is 0 Å². The van der Waals surface area contributed by atoms with Crippen molar-refractivity contribution in [3.8, 4) is 51.2 Å². The molecule has 0 N–H and O–H groups in total. The van der Waals surface area contributed by atoms with E-state index in [2.05, 4.69) is 88.4 Å². The fourth-order valence-electron chi connectivity index (χ4n) is 6.15. The molecule has 0 saturated carbocycles. The van der Waals surface area contributed by atoms with E-state index in [0.29, 0.717) is 23.2 Å². The third-order valence-corrected chi connectivity index (χ3v) is 8.36. The van der Waals surface area contributed by atoms with Crippen LogP contribution in [0.15, 0.2) is 156 Å². The van der Waals surface area contributed by atoms with Crippen molar-refractivity contribution >= 4 is 32.8 Å². The zero-order chi connectivity index (χ0) is 30.5. The number of pyridine rings is 1. The molecule has 0 spiro atoms. The molecule has 4 aromatic heterocycles. The van der Waals surface area contributed by atoms with Crippen LogP contribution >= 0.6 is 0 Å². The van der Waals surface area contributed by atoms with Crippen LogP contribution in [0.25, 0.3) is 83.9 Å². The molecular formula is C40H25N5O.